The average Bonchev–Trinajstić information content (AvgIpc) is 2.03. The van der Waals surface area contributed by atoms with Gasteiger partial charge in [0.25, 0.3) is 0 Å². The van der Waals surface area contributed by atoms with Crippen LogP contribution in [-0.4, -0.2) is 7.05 Å². The van der Waals surface area contributed by atoms with E-state index in [0.717, 1.165) is 12.0 Å². The summed E-state index contributed by atoms with van der Waals surface area (Å²) in [4.78, 5) is 0. The molecule has 0 saturated heterocycles. The molecule has 0 aliphatic carbocycles. The van der Waals surface area contributed by atoms with Crippen molar-refractivity contribution in [2.75, 3.05) is 12.4 Å². The van der Waals surface area contributed by atoms with E-state index >= 15 is 0 Å². The average molecular weight is 188 g/mol. The first-order valence-corrected chi connectivity index (χ1v) is 4.22. The molecule has 0 radical (unpaired) electrons. The highest BCUT2D eigenvalue weighted by Gasteiger charge is 2.06. The number of hydrogen-bond donors (Lipinski definition) is 1. The number of nitrogens with one attached hydrogen (secondary N) is 1. The summed E-state index contributed by atoms with van der Waals surface area (Å²) in [6.07, 6.45) is 0.792. The molecule has 1 aromatic carbocycles. The summed E-state index contributed by atoms with van der Waals surface area (Å²) in [6.45, 7) is 1.96. The van der Waals surface area contributed by atoms with Crippen LogP contribution in [0.3, 0.4) is 0 Å². The van der Waals surface area contributed by atoms with E-state index in [9.17, 15) is 4.39 Å². The van der Waals surface area contributed by atoms with E-state index in [-0.39, 0.29) is 5.82 Å². The van der Waals surface area contributed by atoms with Crippen LogP contribution in [-0.2, 0) is 6.42 Å². The van der Waals surface area contributed by atoms with Crippen LogP contribution in [0.1, 0.15) is 12.5 Å². The molecule has 0 spiro atoms. The number of halogens is 2. The second kappa shape index (κ2) is 3.76. The lowest BCUT2D eigenvalue weighted by molar-refractivity contribution is 0.629. The topological polar surface area (TPSA) is 12.0 Å². The van der Waals surface area contributed by atoms with Crippen LogP contribution in [0, 0.1) is 5.82 Å². The zero-order valence-corrected chi connectivity index (χ0v) is 7.87. The molecule has 0 aliphatic heterocycles. The van der Waals surface area contributed by atoms with Gasteiger partial charge in [0.1, 0.15) is 5.82 Å². The second-order valence-corrected chi connectivity index (χ2v) is 2.95. The normalized spacial score (nSPS) is 10.0. The molecule has 0 amide bonds. The minimum atomic E-state index is -0.290. The van der Waals surface area contributed by atoms with Crippen molar-refractivity contribution in [2.45, 2.75) is 13.3 Å². The van der Waals surface area contributed by atoms with Gasteiger partial charge in [0, 0.05) is 7.05 Å². The van der Waals surface area contributed by atoms with E-state index in [1.54, 1.807) is 13.1 Å². The summed E-state index contributed by atoms with van der Waals surface area (Å²) < 4.78 is 13.2. The highest BCUT2D eigenvalue weighted by molar-refractivity contribution is 6.33. The van der Waals surface area contributed by atoms with E-state index < -0.39 is 0 Å². The molecule has 0 fully saturated rings. The Morgan fingerprint density at radius 2 is 2.17 bits per heavy atom. The maximum absolute atomic E-state index is 13.2. The molecule has 3 heteroatoms. The van der Waals surface area contributed by atoms with Crippen molar-refractivity contribution in [3.8, 4) is 0 Å². The lowest BCUT2D eigenvalue weighted by Gasteiger charge is -2.06. The maximum Gasteiger partial charge on any atom is 0.148 e. The minimum absolute atomic E-state index is 0.290. The molecule has 0 aromatic heterocycles. The Balaban J connectivity index is 3.18. The number of aryl methyl sites for hydroxylation is 1. The number of benzene rings is 1. The van der Waals surface area contributed by atoms with Crippen molar-refractivity contribution in [3.63, 3.8) is 0 Å². The Morgan fingerprint density at radius 3 is 2.58 bits per heavy atom. The van der Waals surface area contributed by atoms with Gasteiger partial charge in [-0.25, -0.2) is 4.39 Å². The van der Waals surface area contributed by atoms with E-state index in [4.69, 9.17) is 11.6 Å². The van der Waals surface area contributed by atoms with Crippen molar-refractivity contribution < 1.29 is 4.39 Å². The van der Waals surface area contributed by atoms with Gasteiger partial charge in [-0.2, -0.15) is 0 Å². The van der Waals surface area contributed by atoms with Crippen LogP contribution in [0.15, 0.2) is 12.1 Å². The third kappa shape index (κ3) is 1.69. The zero-order chi connectivity index (χ0) is 9.14. The summed E-state index contributed by atoms with van der Waals surface area (Å²) in [5.74, 6) is -0.290. The summed E-state index contributed by atoms with van der Waals surface area (Å²) in [7, 11) is 1.65. The lowest BCUT2D eigenvalue weighted by atomic mass is 10.1. The minimum Gasteiger partial charge on any atom is -0.385 e. The highest BCUT2D eigenvalue weighted by Crippen LogP contribution is 2.26. The van der Waals surface area contributed by atoms with E-state index in [0.29, 0.717) is 10.7 Å². The quantitative estimate of drug-likeness (QED) is 0.751. The first kappa shape index (κ1) is 9.33. The summed E-state index contributed by atoms with van der Waals surface area (Å²) in [5, 5.41) is 3.15. The Bertz CT molecular complexity index is 263. The molecule has 1 aromatic rings. The Kier molecular flexibility index (Phi) is 2.93. The molecule has 12 heavy (non-hydrogen) atoms. The molecular weight excluding hydrogens is 177 g/mol. The number of rotatable bonds is 2. The fraction of sp³-hybridized carbons (Fsp3) is 0.333. The largest absolute Gasteiger partial charge is 0.385 e. The van der Waals surface area contributed by atoms with Crippen molar-refractivity contribution in [1.82, 2.24) is 0 Å². The van der Waals surface area contributed by atoms with Gasteiger partial charge >= 0.3 is 0 Å². The van der Waals surface area contributed by atoms with Crippen molar-refractivity contribution in [1.29, 1.82) is 0 Å². The van der Waals surface area contributed by atoms with Crippen molar-refractivity contribution >= 4 is 17.3 Å². The molecule has 0 unspecified atom stereocenters. The van der Waals surface area contributed by atoms with Gasteiger partial charge in [-0.1, -0.05) is 18.5 Å². The Morgan fingerprint density at radius 1 is 1.50 bits per heavy atom. The van der Waals surface area contributed by atoms with Gasteiger partial charge in [0.15, 0.2) is 0 Å². The predicted molar refractivity (Wildman–Crippen MR) is 50.3 cm³/mol. The van der Waals surface area contributed by atoms with E-state index in [2.05, 4.69) is 5.32 Å². The van der Waals surface area contributed by atoms with Gasteiger partial charge in [0.2, 0.25) is 0 Å². The first-order chi connectivity index (χ1) is 5.69. The van der Waals surface area contributed by atoms with Crippen LogP contribution >= 0.6 is 11.6 Å². The molecular formula is C9H11ClFN. The van der Waals surface area contributed by atoms with Crippen molar-refractivity contribution in [3.05, 3.63) is 28.5 Å². The SMILES string of the molecule is CCc1cc(F)c(NC)c(Cl)c1. The van der Waals surface area contributed by atoms with Crippen LogP contribution in [0.25, 0.3) is 0 Å². The number of anilines is 1. The van der Waals surface area contributed by atoms with Gasteiger partial charge in [0.05, 0.1) is 10.7 Å². The molecule has 0 bridgehead atoms. The zero-order valence-electron chi connectivity index (χ0n) is 7.12. The molecule has 1 N–H and O–H groups in total. The Labute approximate surface area is 76.5 Å². The van der Waals surface area contributed by atoms with Crippen LogP contribution in [0.4, 0.5) is 10.1 Å². The van der Waals surface area contributed by atoms with E-state index in [1.165, 1.54) is 6.07 Å². The van der Waals surface area contributed by atoms with Crippen LogP contribution in [0.5, 0.6) is 0 Å². The summed E-state index contributed by atoms with van der Waals surface area (Å²) in [5.41, 5.74) is 1.28. The molecule has 0 heterocycles. The molecule has 1 nitrogen and oxygen atoms in total. The molecule has 1 rings (SSSR count). The third-order valence-corrected chi connectivity index (χ3v) is 2.06. The standard InChI is InChI=1S/C9H11ClFN/c1-3-6-4-7(10)9(12-2)8(11)5-6/h4-5,12H,3H2,1-2H3. The third-order valence-electron chi connectivity index (χ3n) is 1.76. The summed E-state index contributed by atoms with van der Waals surface area (Å²) >= 11 is 5.81. The predicted octanol–water partition coefficient (Wildman–Crippen LogP) is 3.08. The van der Waals surface area contributed by atoms with Crippen LogP contribution < -0.4 is 5.32 Å². The molecule has 0 saturated carbocycles. The monoisotopic (exact) mass is 187 g/mol. The first-order valence-electron chi connectivity index (χ1n) is 3.84. The second-order valence-electron chi connectivity index (χ2n) is 2.54. The van der Waals surface area contributed by atoms with Crippen molar-refractivity contribution in [2.24, 2.45) is 0 Å². The molecule has 66 valence electrons. The highest BCUT2D eigenvalue weighted by atomic mass is 35.5. The lowest BCUT2D eigenvalue weighted by Crippen LogP contribution is -1.95. The maximum atomic E-state index is 13.2. The number of hydrogen-bond acceptors (Lipinski definition) is 1. The van der Waals surface area contributed by atoms with Gasteiger partial charge in [-0.15, -0.1) is 0 Å². The Hall–Kier alpha value is -0.760. The van der Waals surface area contributed by atoms with Gasteiger partial charge < -0.3 is 5.32 Å². The summed E-state index contributed by atoms with van der Waals surface area (Å²) in [6, 6.07) is 3.27. The fourth-order valence-electron chi connectivity index (χ4n) is 1.07. The van der Waals surface area contributed by atoms with Gasteiger partial charge in [-0.3, -0.25) is 0 Å². The van der Waals surface area contributed by atoms with Crippen LogP contribution in [0.2, 0.25) is 5.02 Å². The molecule has 0 atom stereocenters. The molecule has 0 aliphatic rings. The smallest absolute Gasteiger partial charge is 0.148 e. The fourth-order valence-corrected chi connectivity index (χ4v) is 1.39. The van der Waals surface area contributed by atoms with Gasteiger partial charge in [-0.05, 0) is 24.1 Å². The van der Waals surface area contributed by atoms with E-state index in [1.807, 2.05) is 6.92 Å².